The van der Waals surface area contributed by atoms with Gasteiger partial charge in [-0.2, -0.15) is 0 Å². The Bertz CT molecular complexity index is 656. The van der Waals surface area contributed by atoms with Gasteiger partial charge in [-0.15, -0.1) is 16.9 Å². The predicted molar refractivity (Wildman–Crippen MR) is 83.7 cm³/mol. The van der Waals surface area contributed by atoms with E-state index in [1.54, 1.807) is 24.5 Å². The average Bonchev–Trinajstić information content (AvgIpc) is 3.04. The first-order chi connectivity index (χ1) is 10.6. The van der Waals surface area contributed by atoms with Crippen molar-refractivity contribution >= 4 is 41.2 Å². The van der Waals surface area contributed by atoms with Gasteiger partial charge < -0.3 is 10.5 Å². The first kappa shape index (κ1) is 15.2. The molecule has 2 aliphatic rings. The van der Waals surface area contributed by atoms with E-state index in [1.165, 1.54) is 28.2 Å². The van der Waals surface area contributed by atoms with Gasteiger partial charge in [-0.1, -0.05) is 10.6 Å². The Kier molecular flexibility index (Phi) is 4.27. The van der Waals surface area contributed by atoms with E-state index in [4.69, 9.17) is 10.5 Å². The molecule has 2 N–H and O–H groups in total. The van der Waals surface area contributed by atoms with Crippen LogP contribution in [0.5, 0.6) is 0 Å². The molecular weight excluding hydrogens is 324 g/mol. The first-order valence-corrected chi connectivity index (χ1v) is 8.57. The van der Waals surface area contributed by atoms with Gasteiger partial charge in [0.1, 0.15) is 17.1 Å². The van der Waals surface area contributed by atoms with Crippen molar-refractivity contribution in [3.05, 3.63) is 28.4 Å². The number of thioether (sulfide) groups is 1. The minimum absolute atomic E-state index is 0.190. The highest BCUT2D eigenvalue weighted by molar-refractivity contribution is 8.00. The summed E-state index contributed by atoms with van der Waals surface area (Å²) >= 11 is 2.79. The number of esters is 1. The molecule has 1 unspecified atom stereocenters. The van der Waals surface area contributed by atoms with Gasteiger partial charge in [0.2, 0.25) is 5.91 Å². The van der Waals surface area contributed by atoms with Gasteiger partial charge in [0, 0.05) is 11.1 Å². The Balaban J connectivity index is 1.94. The van der Waals surface area contributed by atoms with E-state index < -0.39 is 12.0 Å². The molecular formula is C13H14N4O3S2. The molecule has 116 valence electrons. The van der Waals surface area contributed by atoms with Crippen molar-refractivity contribution < 1.29 is 14.3 Å². The molecule has 3 rings (SSSR count). The Labute approximate surface area is 135 Å². The zero-order valence-electron chi connectivity index (χ0n) is 11.8. The summed E-state index contributed by atoms with van der Waals surface area (Å²) in [6, 6.07) is -0.553. The van der Waals surface area contributed by atoms with Crippen LogP contribution in [-0.4, -0.2) is 50.1 Å². The number of fused-ring (bicyclic) bond motifs is 1. The molecule has 9 heteroatoms. The number of hydrogen-bond donors (Lipinski definition) is 1. The van der Waals surface area contributed by atoms with Crippen LogP contribution in [0.25, 0.3) is 6.08 Å². The van der Waals surface area contributed by atoms with Crippen molar-refractivity contribution in [1.82, 2.24) is 14.5 Å². The fourth-order valence-corrected chi connectivity index (χ4v) is 3.97. The highest BCUT2D eigenvalue weighted by atomic mass is 32.2. The third-order valence-electron chi connectivity index (χ3n) is 3.34. The molecule has 3 heterocycles. The molecule has 1 aromatic rings. The summed E-state index contributed by atoms with van der Waals surface area (Å²) in [7, 11) is 0. The Morgan fingerprint density at radius 2 is 2.41 bits per heavy atom. The number of amides is 1. The van der Waals surface area contributed by atoms with Crippen molar-refractivity contribution in [3.63, 3.8) is 0 Å². The smallest absolute Gasteiger partial charge is 0.355 e. The van der Waals surface area contributed by atoms with Crippen LogP contribution in [0.15, 0.2) is 22.7 Å². The Hall–Kier alpha value is -1.71. The van der Waals surface area contributed by atoms with Gasteiger partial charge >= 0.3 is 5.97 Å². The Morgan fingerprint density at radius 1 is 1.59 bits per heavy atom. The van der Waals surface area contributed by atoms with E-state index in [9.17, 15) is 9.59 Å². The highest BCUT2D eigenvalue weighted by Gasteiger charge is 2.51. The van der Waals surface area contributed by atoms with Crippen LogP contribution in [0, 0.1) is 0 Å². The molecule has 0 bridgehead atoms. The predicted octanol–water partition coefficient (Wildman–Crippen LogP) is 0.611. The molecule has 2 atom stereocenters. The fourth-order valence-electron chi connectivity index (χ4n) is 2.29. The van der Waals surface area contributed by atoms with E-state index in [0.29, 0.717) is 11.4 Å². The van der Waals surface area contributed by atoms with Gasteiger partial charge in [0.25, 0.3) is 0 Å². The molecule has 0 spiro atoms. The van der Waals surface area contributed by atoms with Gasteiger partial charge in [-0.05, 0) is 30.1 Å². The minimum atomic E-state index is -0.553. The average molecular weight is 338 g/mol. The summed E-state index contributed by atoms with van der Waals surface area (Å²) in [6.07, 6.45) is 3.55. The summed E-state index contributed by atoms with van der Waals surface area (Å²) in [6.45, 7) is 1.98. The van der Waals surface area contributed by atoms with Crippen molar-refractivity contribution in [2.45, 2.75) is 18.3 Å². The third-order valence-corrected chi connectivity index (χ3v) is 5.19. The van der Waals surface area contributed by atoms with Crippen LogP contribution in [-0.2, 0) is 14.3 Å². The molecule has 22 heavy (non-hydrogen) atoms. The zero-order valence-corrected chi connectivity index (χ0v) is 13.4. The van der Waals surface area contributed by atoms with E-state index in [1.807, 2.05) is 0 Å². The van der Waals surface area contributed by atoms with E-state index in [2.05, 4.69) is 9.59 Å². The molecule has 1 saturated heterocycles. The monoisotopic (exact) mass is 338 g/mol. The maximum atomic E-state index is 12.2. The number of carbonyl (C=O) groups is 2. The van der Waals surface area contributed by atoms with Crippen LogP contribution in [0.4, 0.5) is 0 Å². The second-order valence-electron chi connectivity index (χ2n) is 4.69. The molecule has 0 radical (unpaired) electrons. The maximum absolute atomic E-state index is 12.2. The van der Waals surface area contributed by atoms with Crippen molar-refractivity contribution in [2.24, 2.45) is 5.73 Å². The third kappa shape index (κ3) is 2.55. The van der Waals surface area contributed by atoms with Crippen LogP contribution in [0.1, 0.15) is 12.6 Å². The maximum Gasteiger partial charge on any atom is 0.355 e. The number of aromatic nitrogens is 2. The quantitative estimate of drug-likeness (QED) is 0.634. The lowest BCUT2D eigenvalue weighted by atomic mass is 10.0. The van der Waals surface area contributed by atoms with Gasteiger partial charge in [-0.25, -0.2) is 4.79 Å². The Morgan fingerprint density at radius 3 is 3.09 bits per heavy atom. The second kappa shape index (κ2) is 6.19. The summed E-state index contributed by atoms with van der Waals surface area (Å²) in [5.74, 6) is -0.157. The summed E-state index contributed by atoms with van der Waals surface area (Å²) < 4.78 is 8.86. The van der Waals surface area contributed by atoms with Crippen LogP contribution >= 0.6 is 23.3 Å². The standard InChI is InChI=1S/C13H14N4O3S2/c1-2-20-13(19)10-7(3-4-8-6-22-16-15-8)5-21-12-9(14)11(18)17(10)12/h3-4,6,9,12H,2,5,14H2,1H3/b4-3-/t9?,12-/m1/s1. The number of rotatable bonds is 4. The van der Waals surface area contributed by atoms with E-state index in [-0.39, 0.29) is 23.6 Å². The van der Waals surface area contributed by atoms with Crippen LogP contribution in [0.3, 0.4) is 0 Å². The lowest BCUT2D eigenvalue weighted by Gasteiger charge is -2.48. The number of hydrogen-bond acceptors (Lipinski definition) is 8. The van der Waals surface area contributed by atoms with Gasteiger partial charge in [-0.3, -0.25) is 9.69 Å². The molecule has 2 aliphatic heterocycles. The summed E-state index contributed by atoms with van der Waals surface area (Å²) in [4.78, 5) is 25.7. The number of nitrogens with zero attached hydrogens (tertiary/aromatic N) is 3. The van der Waals surface area contributed by atoms with Gasteiger partial charge in [0.15, 0.2) is 0 Å². The van der Waals surface area contributed by atoms with Crippen molar-refractivity contribution in [2.75, 3.05) is 12.4 Å². The number of nitrogens with two attached hydrogens (primary N) is 1. The number of allylic oxidation sites excluding steroid dienone is 1. The molecule has 1 amide bonds. The van der Waals surface area contributed by atoms with Crippen molar-refractivity contribution in [1.29, 1.82) is 0 Å². The largest absolute Gasteiger partial charge is 0.461 e. The molecule has 0 saturated carbocycles. The van der Waals surface area contributed by atoms with Gasteiger partial charge in [0.05, 0.1) is 12.3 Å². The minimum Gasteiger partial charge on any atom is -0.461 e. The van der Waals surface area contributed by atoms with Crippen LogP contribution < -0.4 is 5.73 Å². The SMILES string of the molecule is CCOC(=O)C1=C(/C=C\c2csnn2)CS[C@@H]2C(N)C(=O)N12. The molecule has 0 aliphatic carbocycles. The fraction of sp³-hybridized carbons (Fsp3) is 0.385. The zero-order chi connectivity index (χ0) is 15.7. The lowest BCUT2D eigenvalue weighted by molar-refractivity contribution is -0.150. The molecule has 1 fully saturated rings. The molecule has 0 aromatic carbocycles. The van der Waals surface area contributed by atoms with Crippen LogP contribution in [0.2, 0.25) is 0 Å². The molecule has 1 aromatic heterocycles. The number of ether oxygens (including phenoxy) is 1. The normalized spacial score (nSPS) is 24.5. The van der Waals surface area contributed by atoms with Crippen molar-refractivity contribution in [3.8, 4) is 0 Å². The second-order valence-corrected chi connectivity index (χ2v) is 6.41. The van der Waals surface area contributed by atoms with E-state index in [0.717, 1.165) is 5.57 Å². The summed E-state index contributed by atoms with van der Waals surface area (Å²) in [5, 5.41) is 5.52. The highest BCUT2D eigenvalue weighted by Crippen LogP contribution is 2.40. The lowest BCUT2D eigenvalue weighted by Crippen LogP contribution is -2.68. The molecule has 7 nitrogen and oxygen atoms in total. The summed E-state index contributed by atoms with van der Waals surface area (Å²) in [5.41, 5.74) is 7.51. The first-order valence-electron chi connectivity index (χ1n) is 6.69. The van der Waals surface area contributed by atoms with E-state index >= 15 is 0 Å². The number of carbonyl (C=O) groups excluding carboxylic acids is 2. The topological polar surface area (TPSA) is 98.4 Å². The number of β-lactam (4-membered cyclic amide) rings is 1.